The van der Waals surface area contributed by atoms with Crippen molar-refractivity contribution in [3.63, 3.8) is 0 Å². The second-order valence-electron chi connectivity index (χ2n) is 11.7. The fourth-order valence-electron chi connectivity index (χ4n) is 5.52. The highest BCUT2D eigenvalue weighted by atomic mass is 16.5. The number of benzene rings is 1. The van der Waals surface area contributed by atoms with Crippen LogP contribution in [0.2, 0.25) is 0 Å². The van der Waals surface area contributed by atoms with Gasteiger partial charge in [-0.25, -0.2) is 0 Å². The van der Waals surface area contributed by atoms with E-state index in [1.54, 1.807) is 19.3 Å². The lowest BCUT2D eigenvalue weighted by Crippen LogP contribution is -2.34. The molecule has 7 nitrogen and oxygen atoms in total. The lowest BCUT2D eigenvalue weighted by Gasteiger charge is -2.32. The summed E-state index contributed by atoms with van der Waals surface area (Å²) in [5.74, 6) is 0.248. The maximum Gasteiger partial charge on any atom is 0.244 e. The van der Waals surface area contributed by atoms with Crippen molar-refractivity contribution in [3.05, 3.63) is 88.2 Å². The quantitative estimate of drug-likeness (QED) is 0.135. The van der Waals surface area contributed by atoms with E-state index in [0.717, 1.165) is 34.0 Å². The molecular formula is C35H45N3O4. The van der Waals surface area contributed by atoms with Crippen molar-refractivity contribution >= 4 is 29.1 Å². The van der Waals surface area contributed by atoms with Crippen molar-refractivity contribution in [2.24, 2.45) is 5.41 Å². The van der Waals surface area contributed by atoms with E-state index in [2.05, 4.69) is 50.5 Å². The van der Waals surface area contributed by atoms with Crippen LogP contribution >= 0.6 is 0 Å². The average Bonchev–Trinajstić information content (AvgIpc) is 3.19. The second kappa shape index (κ2) is 14.7. The van der Waals surface area contributed by atoms with Crippen molar-refractivity contribution in [2.75, 3.05) is 20.2 Å². The van der Waals surface area contributed by atoms with E-state index in [-0.39, 0.29) is 23.7 Å². The summed E-state index contributed by atoms with van der Waals surface area (Å²) in [6, 6.07) is 5.43. The summed E-state index contributed by atoms with van der Waals surface area (Å²) >= 11 is 0. The number of amides is 2. The van der Waals surface area contributed by atoms with E-state index >= 15 is 0 Å². The van der Waals surface area contributed by atoms with Crippen LogP contribution in [0.15, 0.2) is 76.9 Å². The van der Waals surface area contributed by atoms with Gasteiger partial charge >= 0.3 is 0 Å². The molecule has 1 aromatic heterocycles. The first-order valence-corrected chi connectivity index (χ1v) is 14.6. The van der Waals surface area contributed by atoms with E-state index in [0.29, 0.717) is 24.5 Å². The molecule has 0 unspecified atom stereocenters. The highest BCUT2D eigenvalue weighted by Gasteiger charge is 2.26. The molecule has 0 radical (unpaired) electrons. The number of nitrogens with one attached hydrogen (secondary N) is 2. The Morgan fingerprint density at radius 3 is 2.50 bits per heavy atom. The molecule has 7 heteroatoms. The fourth-order valence-corrected chi connectivity index (χ4v) is 5.52. The number of carbonyl (C=O) groups is 3. The molecule has 3 rings (SSSR count). The monoisotopic (exact) mass is 571 g/mol. The van der Waals surface area contributed by atoms with Gasteiger partial charge in [0.1, 0.15) is 5.75 Å². The Labute approximate surface area is 250 Å². The third-order valence-corrected chi connectivity index (χ3v) is 7.91. The molecule has 42 heavy (non-hydrogen) atoms. The smallest absolute Gasteiger partial charge is 0.244 e. The molecule has 0 spiro atoms. The van der Waals surface area contributed by atoms with Crippen molar-refractivity contribution < 1.29 is 19.1 Å². The molecule has 1 aromatic carbocycles. The first-order valence-electron chi connectivity index (χ1n) is 14.6. The van der Waals surface area contributed by atoms with Crippen LogP contribution in [0.4, 0.5) is 0 Å². The van der Waals surface area contributed by atoms with Gasteiger partial charge in [0.2, 0.25) is 18.2 Å². The van der Waals surface area contributed by atoms with Crippen LogP contribution < -0.4 is 15.4 Å². The molecule has 1 heterocycles. The van der Waals surface area contributed by atoms with Crippen molar-refractivity contribution in [1.82, 2.24) is 15.2 Å². The summed E-state index contributed by atoms with van der Waals surface area (Å²) in [5, 5.41) is 6.45. The highest BCUT2D eigenvalue weighted by molar-refractivity contribution is 5.94. The van der Waals surface area contributed by atoms with Crippen LogP contribution in [0.5, 0.6) is 5.75 Å². The number of hydrogen-bond donors (Lipinski definition) is 2. The highest BCUT2D eigenvalue weighted by Crippen LogP contribution is 2.40. The number of methoxy groups -OCH3 is 1. The Hall–Kier alpha value is -4.13. The van der Waals surface area contributed by atoms with Gasteiger partial charge in [0.05, 0.1) is 19.0 Å². The van der Waals surface area contributed by atoms with Gasteiger partial charge in [-0.05, 0) is 87.3 Å². The molecule has 1 aliphatic rings. The zero-order valence-corrected chi connectivity index (χ0v) is 26.1. The number of allylic oxidation sites excluding steroid dienone is 9. The standard InChI is InChI=1S/C35H45N3O4/c1-24(13-15-31-26(3)12-9-17-35(31,5)6)10-8-11-25(2)20-33(40)36-18-19-37-34(41)22-29-27(4)38(23-39)32-16-14-28(42-7)21-30(29)32/h8,10-11,13-16,20-21,23H,9,12,17-19,22H2,1-7H3,(H,36,40)(H,37,41)/b11-8+,15-13+,24-10-,25-20+. The van der Waals surface area contributed by atoms with Crippen LogP contribution in [0.25, 0.3) is 10.9 Å². The predicted octanol–water partition coefficient (Wildman–Crippen LogP) is 6.30. The maximum absolute atomic E-state index is 12.7. The van der Waals surface area contributed by atoms with Gasteiger partial charge in [-0.15, -0.1) is 0 Å². The van der Waals surface area contributed by atoms with Crippen LogP contribution in [0.3, 0.4) is 0 Å². The Balaban J connectivity index is 1.47. The first kappa shape index (κ1) is 32.4. The zero-order chi connectivity index (χ0) is 30.9. The Kier molecular flexibility index (Phi) is 11.3. The third kappa shape index (κ3) is 8.44. The van der Waals surface area contributed by atoms with Gasteiger partial charge in [-0.2, -0.15) is 0 Å². The van der Waals surface area contributed by atoms with Crippen LogP contribution in [-0.2, 0) is 20.8 Å². The molecule has 0 bridgehead atoms. The number of fused-ring (bicyclic) bond motifs is 1. The van der Waals surface area contributed by atoms with Crippen molar-refractivity contribution in [3.8, 4) is 5.75 Å². The number of rotatable bonds is 12. The van der Waals surface area contributed by atoms with Crippen LogP contribution in [-0.4, -0.2) is 43.0 Å². The molecule has 1 aliphatic carbocycles. The lowest BCUT2D eigenvalue weighted by atomic mass is 9.72. The Morgan fingerprint density at radius 2 is 1.81 bits per heavy atom. The van der Waals surface area contributed by atoms with Gasteiger partial charge < -0.3 is 15.4 Å². The molecule has 2 aromatic rings. The summed E-state index contributed by atoms with van der Waals surface area (Å²) < 4.78 is 6.85. The minimum atomic E-state index is -0.217. The van der Waals surface area contributed by atoms with Crippen LogP contribution in [0, 0.1) is 12.3 Å². The molecule has 0 saturated heterocycles. The summed E-state index contributed by atoms with van der Waals surface area (Å²) in [6.45, 7) is 13.2. The van der Waals surface area contributed by atoms with E-state index in [9.17, 15) is 14.4 Å². The number of aromatic nitrogens is 1. The zero-order valence-electron chi connectivity index (χ0n) is 26.1. The number of nitrogens with zero attached hydrogens (tertiary/aromatic N) is 1. The maximum atomic E-state index is 12.7. The molecule has 0 aliphatic heterocycles. The SMILES string of the molecule is COc1ccc2c(c1)c(CC(=O)NCCNC(=O)/C=C(C)/C=C/C=C(C)\C=C\C1=C(C)CCCC1(C)C)c(C)n2C=O. The molecule has 0 atom stereocenters. The van der Waals surface area contributed by atoms with E-state index in [1.165, 1.54) is 35.0 Å². The summed E-state index contributed by atoms with van der Waals surface area (Å²) in [6.07, 6.45) is 16.4. The molecule has 2 amide bonds. The molecule has 224 valence electrons. The van der Waals surface area contributed by atoms with E-state index < -0.39 is 0 Å². The second-order valence-corrected chi connectivity index (χ2v) is 11.7. The fraction of sp³-hybridized carbons (Fsp3) is 0.400. The minimum absolute atomic E-state index is 0.116. The molecule has 0 saturated carbocycles. The Bertz CT molecular complexity index is 1480. The molecule has 0 fully saturated rings. The number of carbonyl (C=O) groups excluding carboxylic acids is 3. The number of hydrogen-bond acceptors (Lipinski definition) is 4. The topological polar surface area (TPSA) is 89.4 Å². The first-order chi connectivity index (χ1) is 20.0. The van der Waals surface area contributed by atoms with Crippen molar-refractivity contribution in [2.45, 2.75) is 67.2 Å². The molecule has 2 N–H and O–H groups in total. The summed E-state index contributed by atoms with van der Waals surface area (Å²) in [4.78, 5) is 36.6. The van der Waals surface area contributed by atoms with E-state index in [1.807, 2.05) is 44.2 Å². The van der Waals surface area contributed by atoms with Gasteiger partial charge in [-0.1, -0.05) is 55.4 Å². The minimum Gasteiger partial charge on any atom is -0.497 e. The average molecular weight is 572 g/mol. The molecular weight excluding hydrogens is 526 g/mol. The Morgan fingerprint density at radius 1 is 1.07 bits per heavy atom. The van der Waals surface area contributed by atoms with Crippen LogP contribution in [0.1, 0.15) is 65.1 Å². The van der Waals surface area contributed by atoms with E-state index in [4.69, 9.17) is 4.74 Å². The van der Waals surface area contributed by atoms with Gasteiger partial charge in [-0.3, -0.25) is 19.0 Å². The third-order valence-electron chi connectivity index (χ3n) is 7.91. The van der Waals surface area contributed by atoms with Crippen molar-refractivity contribution in [1.29, 1.82) is 0 Å². The van der Waals surface area contributed by atoms with Gasteiger partial charge in [0, 0.05) is 30.2 Å². The largest absolute Gasteiger partial charge is 0.497 e. The summed E-state index contributed by atoms with van der Waals surface area (Å²) in [7, 11) is 1.58. The lowest BCUT2D eigenvalue weighted by molar-refractivity contribution is -0.121. The number of ether oxygens (including phenoxy) is 1. The van der Waals surface area contributed by atoms with Gasteiger partial charge in [0.15, 0.2) is 0 Å². The van der Waals surface area contributed by atoms with Gasteiger partial charge in [0.25, 0.3) is 0 Å². The normalized spacial score (nSPS) is 16.0. The summed E-state index contributed by atoms with van der Waals surface area (Å²) in [5.41, 5.74) is 7.33. The predicted molar refractivity (Wildman–Crippen MR) is 171 cm³/mol.